The van der Waals surface area contributed by atoms with Gasteiger partial charge in [-0.25, -0.2) is 0 Å². The number of ether oxygens (including phenoxy) is 1. The molecule has 1 aromatic rings. The Bertz CT molecular complexity index is 865. The van der Waals surface area contributed by atoms with Gasteiger partial charge in [-0.2, -0.15) is 0 Å². The van der Waals surface area contributed by atoms with Gasteiger partial charge in [0.05, 0.1) is 6.10 Å². The number of hydrogen-bond acceptors (Lipinski definition) is 3. The van der Waals surface area contributed by atoms with Crippen molar-refractivity contribution < 1.29 is 9.84 Å². The van der Waals surface area contributed by atoms with E-state index in [0.29, 0.717) is 23.7 Å². The molecule has 1 fully saturated rings. The second-order valence-corrected chi connectivity index (χ2v) is 14.4. The van der Waals surface area contributed by atoms with Gasteiger partial charge in [0.25, 0.3) is 0 Å². The molecule has 2 atom stereocenters. The van der Waals surface area contributed by atoms with Gasteiger partial charge in [0.2, 0.25) is 0 Å². The maximum Gasteiger partial charge on any atom is 0.123 e. The van der Waals surface area contributed by atoms with Crippen molar-refractivity contribution in [2.45, 2.75) is 151 Å². The molecule has 3 nitrogen and oxygen atoms in total. The number of benzene rings is 1. The monoisotopic (exact) mass is 529 g/mol. The Morgan fingerprint density at radius 2 is 1.34 bits per heavy atom. The lowest BCUT2D eigenvalue weighted by Crippen LogP contribution is -2.60. The maximum absolute atomic E-state index is 10.8. The molecular weight excluding hydrogens is 466 g/mol. The minimum atomic E-state index is -0.0713. The Hall–Kier alpha value is -1.50. The van der Waals surface area contributed by atoms with Gasteiger partial charge in [0.15, 0.2) is 0 Å². The normalized spacial score (nSPS) is 19.1. The van der Waals surface area contributed by atoms with Gasteiger partial charge in [-0.15, -0.1) is 11.8 Å². The summed E-state index contributed by atoms with van der Waals surface area (Å²) in [5.41, 5.74) is 3.75. The van der Waals surface area contributed by atoms with Crippen molar-refractivity contribution in [2.75, 3.05) is 14.2 Å². The quantitative estimate of drug-likeness (QED) is 0.395. The Kier molecular flexibility index (Phi) is 13.7. The number of aromatic hydroxyl groups is 1. The molecule has 0 aromatic heterocycles. The molecule has 1 saturated heterocycles. The van der Waals surface area contributed by atoms with Crippen LogP contribution in [0.25, 0.3) is 0 Å². The van der Waals surface area contributed by atoms with Crippen LogP contribution in [0.1, 0.15) is 133 Å². The van der Waals surface area contributed by atoms with Crippen LogP contribution in [0.4, 0.5) is 0 Å². The number of piperidine rings is 1. The van der Waals surface area contributed by atoms with Crippen LogP contribution in [-0.2, 0) is 22.0 Å². The van der Waals surface area contributed by atoms with E-state index in [1.807, 2.05) is 27.9 Å². The fourth-order valence-electron chi connectivity index (χ4n) is 5.32. The van der Waals surface area contributed by atoms with Gasteiger partial charge < -0.3 is 9.84 Å². The van der Waals surface area contributed by atoms with E-state index in [9.17, 15) is 5.11 Å². The predicted octanol–water partition coefficient (Wildman–Crippen LogP) is 9.14. The van der Waals surface area contributed by atoms with Gasteiger partial charge in [-0.1, -0.05) is 81.4 Å². The molecule has 0 radical (unpaired) electrons. The van der Waals surface area contributed by atoms with Gasteiger partial charge in [-0.3, -0.25) is 4.90 Å². The van der Waals surface area contributed by atoms with Crippen molar-refractivity contribution in [2.24, 2.45) is 11.8 Å². The van der Waals surface area contributed by atoms with Crippen LogP contribution in [0.15, 0.2) is 12.1 Å². The summed E-state index contributed by atoms with van der Waals surface area (Å²) in [4.78, 5) is 2.47. The standard InChI is InChI=1S/C22H34O.C11H23NO.C2H6/c1-10-11-15(2)16(3)12-17-13-18(21(4,5)6)20(23)19(14-17)22(7,8)9;1-10(2)7-9(13-6)8-11(3,4)12(10)5;1-2/h13-16,23H,12H2,1-9H3;9H,7-8H2,1-6H3;1-2H3. The summed E-state index contributed by atoms with van der Waals surface area (Å²) < 4.78 is 5.48. The summed E-state index contributed by atoms with van der Waals surface area (Å²) in [5.74, 6) is 7.63. The summed E-state index contributed by atoms with van der Waals surface area (Å²) in [6, 6.07) is 4.38. The summed E-state index contributed by atoms with van der Waals surface area (Å²) in [7, 11) is 4.04. The average Bonchev–Trinajstić information content (AvgIpc) is 2.78. The lowest BCUT2D eigenvalue weighted by atomic mass is 9.77. The molecule has 0 spiro atoms. The van der Waals surface area contributed by atoms with Crippen LogP contribution in [0, 0.1) is 23.7 Å². The highest BCUT2D eigenvalue weighted by atomic mass is 16.5. The average molecular weight is 530 g/mol. The van der Waals surface area contributed by atoms with E-state index in [4.69, 9.17) is 4.74 Å². The smallest absolute Gasteiger partial charge is 0.123 e. The van der Waals surface area contributed by atoms with Crippen molar-refractivity contribution in [1.82, 2.24) is 4.90 Å². The Morgan fingerprint density at radius 1 is 0.947 bits per heavy atom. The lowest BCUT2D eigenvalue weighted by Gasteiger charge is -2.53. The van der Waals surface area contributed by atoms with Crippen LogP contribution in [0.5, 0.6) is 5.75 Å². The number of likely N-dealkylation sites (tertiary alicyclic amines) is 1. The molecule has 1 aromatic carbocycles. The third-order valence-electron chi connectivity index (χ3n) is 8.17. The second-order valence-electron chi connectivity index (χ2n) is 14.4. The third kappa shape index (κ3) is 10.2. The molecule has 2 rings (SSSR count). The van der Waals surface area contributed by atoms with E-state index in [-0.39, 0.29) is 21.9 Å². The van der Waals surface area contributed by atoms with E-state index in [0.717, 1.165) is 30.4 Å². The number of rotatable bonds is 4. The summed E-state index contributed by atoms with van der Waals surface area (Å²) in [6.07, 6.45) is 3.66. The first kappa shape index (κ1) is 36.5. The lowest BCUT2D eigenvalue weighted by molar-refractivity contribution is -0.0783. The summed E-state index contributed by atoms with van der Waals surface area (Å²) in [5, 5.41) is 10.8. The molecule has 1 aliphatic heterocycles. The molecule has 1 N–H and O–H groups in total. The summed E-state index contributed by atoms with van der Waals surface area (Å²) in [6.45, 7) is 32.5. The largest absolute Gasteiger partial charge is 0.507 e. The first-order valence-electron chi connectivity index (χ1n) is 14.7. The molecule has 0 amide bonds. The van der Waals surface area contributed by atoms with Gasteiger partial charge >= 0.3 is 0 Å². The van der Waals surface area contributed by atoms with Crippen molar-refractivity contribution in [3.8, 4) is 17.6 Å². The second kappa shape index (κ2) is 14.2. The minimum absolute atomic E-state index is 0.0713. The fourth-order valence-corrected chi connectivity index (χ4v) is 5.32. The molecule has 38 heavy (non-hydrogen) atoms. The first-order chi connectivity index (χ1) is 17.2. The molecular formula is C35H63NO2. The van der Waals surface area contributed by atoms with E-state index < -0.39 is 0 Å². The van der Waals surface area contributed by atoms with E-state index >= 15 is 0 Å². The molecule has 0 saturated carbocycles. The Labute approximate surface area is 238 Å². The maximum atomic E-state index is 10.8. The van der Waals surface area contributed by atoms with Crippen molar-refractivity contribution in [3.05, 3.63) is 28.8 Å². The first-order valence-corrected chi connectivity index (χ1v) is 14.7. The minimum Gasteiger partial charge on any atom is -0.507 e. The SMILES string of the molecule is CC.CC#CC(C)C(C)Cc1cc(C(C)(C)C)c(O)c(C(C)(C)C)c1.COC1CC(C)(C)N(C)C(C)(C)C1. The highest BCUT2D eigenvalue weighted by molar-refractivity contribution is 5.50. The molecule has 1 heterocycles. The Morgan fingerprint density at radius 3 is 1.66 bits per heavy atom. The van der Waals surface area contributed by atoms with Crippen LogP contribution < -0.4 is 0 Å². The predicted molar refractivity (Wildman–Crippen MR) is 168 cm³/mol. The molecule has 2 unspecified atom stereocenters. The van der Waals surface area contributed by atoms with Gasteiger partial charge in [0.1, 0.15) is 5.75 Å². The molecule has 3 heteroatoms. The highest BCUT2D eigenvalue weighted by Crippen LogP contribution is 2.40. The molecule has 1 aliphatic rings. The molecule has 0 aliphatic carbocycles. The zero-order valence-corrected chi connectivity index (χ0v) is 28.3. The highest BCUT2D eigenvalue weighted by Gasteiger charge is 2.43. The number of methoxy groups -OCH3 is 1. The van der Waals surface area contributed by atoms with Crippen LogP contribution in [0.3, 0.4) is 0 Å². The van der Waals surface area contributed by atoms with Crippen LogP contribution in [-0.4, -0.2) is 41.3 Å². The third-order valence-corrected chi connectivity index (χ3v) is 8.17. The van der Waals surface area contributed by atoms with Crippen molar-refractivity contribution in [3.63, 3.8) is 0 Å². The van der Waals surface area contributed by atoms with E-state index in [1.54, 1.807) is 0 Å². The number of hydrogen-bond donors (Lipinski definition) is 1. The van der Waals surface area contributed by atoms with Gasteiger partial charge in [-0.05, 0) is 94.4 Å². The van der Waals surface area contributed by atoms with Gasteiger partial charge in [0, 0.05) is 24.1 Å². The van der Waals surface area contributed by atoms with E-state index in [1.165, 1.54) is 5.56 Å². The zero-order valence-electron chi connectivity index (χ0n) is 28.3. The van der Waals surface area contributed by atoms with Crippen molar-refractivity contribution in [1.29, 1.82) is 0 Å². The number of phenols is 1. The zero-order chi connectivity index (χ0) is 30.3. The molecule has 220 valence electrons. The number of phenolic OH excluding ortho intramolecular Hbond substituents is 1. The topological polar surface area (TPSA) is 32.7 Å². The Balaban J connectivity index is 0.000000770. The molecule has 0 bridgehead atoms. The summed E-state index contributed by atoms with van der Waals surface area (Å²) >= 11 is 0. The van der Waals surface area contributed by atoms with Crippen molar-refractivity contribution >= 4 is 0 Å². The van der Waals surface area contributed by atoms with E-state index in [2.05, 4.69) is 119 Å². The van der Waals surface area contributed by atoms with Crippen LogP contribution in [0.2, 0.25) is 0 Å². The number of nitrogens with zero attached hydrogens (tertiary/aromatic N) is 1. The van der Waals surface area contributed by atoms with Crippen LogP contribution >= 0.6 is 0 Å². The fraction of sp³-hybridized carbons (Fsp3) is 0.771.